The molecular weight excluding hydrogens is 426 g/mol. The molecule has 1 aliphatic rings. The zero-order valence-corrected chi connectivity index (χ0v) is 21.7. The van der Waals surface area contributed by atoms with Gasteiger partial charge < -0.3 is 14.8 Å². The van der Waals surface area contributed by atoms with Gasteiger partial charge in [-0.25, -0.2) is 4.79 Å². The monoisotopic (exact) mass is 463 g/mol. The lowest BCUT2D eigenvalue weighted by molar-refractivity contribution is -0.137. The number of allylic oxidation sites excluding steroid dienone is 1. The van der Waals surface area contributed by atoms with Crippen LogP contribution in [0.4, 0.5) is 5.69 Å². The van der Waals surface area contributed by atoms with Gasteiger partial charge in [-0.1, -0.05) is 45.0 Å². The van der Waals surface area contributed by atoms with E-state index in [1.165, 1.54) is 6.08 Å². The Hall–Kier alpha value is -3.08. The third-order valence-corrected chi connectivity index (χ3v) is 6.39. The summed E-state index contributed by atoms with van der Waals surface area (Å²) in [6, 6.07) is 8.24. The number of ether oxygens (including phenoxy) is 2. The van der Waals surface area contributed by atoms with Crippen LogP contribution in [0.25, 0.3) is 5.57 Å². The quantitative estimate of drug-likeness (QED) is 0.393. The molecule has 3 rings (SSSR count). The first-order valence-corrected chi connectivity index (χ1v) is 11.9. The number of esters is 1. The van der Waals surface area contributed by atoms with E-state index in [1.54, 1.807) is 6.92 Å². The number of hydrogen-bond acceptors (Lipinski definition) is 4. The van der Waals surface area contributed by atoms with E-state index in [0.717, 1.165) is 50.4 Å². The Bertz CT molecular complexity index is 1120. The summed E-state index contributed by atoms with van der Waals surface area (Å²) in [4.78, 5) is 24.5. The Labute approximate surface area is 203 Å². The Morgan fingerprint density at radius 2 is 1.74 bits per heavy atom. The molecule has 0 aromatic heterocycles. The zero-order chi connectivity index (χ0) is 25.2. The molecule has 1 N–H and O–H groups in total. The second-order valence-electron chi connectivity index (χ2n) is 10.3. The third kappa shape index (κ3) is 5.52. The summed E-state index contributed by atoms with van der Waals surface area (Å²) in [5.41, 5.74) is 8.11. The molecule has 0 aliphatic carbocycles. The predicted octanol–water partition coefficient (Wildman–Crippen LogP) is 6.48. The van der Waals surface area contributed by atoms with Crippen LogP contribution < -0.4 is 10.1 Å². The van der Waals surface area contributed by atoms with Crippen LogP contribution in [0.1, 0.15) is 80.3 Å². The van der Waals surface area contributed by atoms with Gasteiger partial charge in [0.15, 0.2) is 0 Å². The molecule has 1 heterocycles. The van der Waals surface area contributed by atoms with Gasteiger partial charge in [-0.3, -0.25) is 4.79 Å². The molecule has 0 fully saturated rings. The van der Waals surface area contributed by atoms with Crippen LogP contribution in [0.15, 0.2) is 30.3 Å². The lowest BCUT2D eigenvalue weighted by atomic mass is 9.85. The molecule has 1 amide bonds. The van der Waals surface area contributed by atoms with Crippen molar-refractivity contribution < 1.29 is 19.1 Å². The highest BCUT2D eigenvalue weighted by Gasteiger charge is 2.32. The fourth-order valence-corrected chi connectivity index (χ4v) is 4.54. The summed E-state index contributed by atoms with van der Waals surface area (Å²) in [6.07, 6.45) is 1.98. The number of nitrogens with one attached hydrogen (secondary N) is 1. The van der Waals surface area contributed by atoms with Crippen LogP contribution in [-0.4, -0.2) is 25.1 Å². The first kappa shape index (κ1) is 25.5. The maximum absolute atomic E-state index is 12.7. The standard InChI is InChI=1S/C29H37NO4/c1-9-33-25(32)14-17(2)21-10-12-22(13-11-21)23-16-34-28-19(4)18(3)27(20(5)26(23)28)30-24(31)15-29(6,7)8/h10-14,23H,9,15-16H2,1-8H3,(H,30,31). The molecule has 5 nitrogen and oxygen atoms in total. The summed E-state index contributed by atoms with van der Waals surface area (Å²) in [5, 5.41) is 3.18. The van der Waals surface area contributed by atoms with Crippen LogP contribution >= 0.6 is 0 Å². The molecule has 0 spiro atoms. The minimum Gasteiger partial charge on any atom is -0.492 e. The van der Waals surface area contributed by atoms with E-state index in [1.807, 2.05) is 26.0 Å². The lowest BCUT2D eigenvalue weighted by Gasteiger charge is -2.22. The second-order valence-corrected chi connectivity index (χ2v) is 10.3. The molecule has 182 valence electrons. The number of benzene rings is 2. The van der Waals surface area contributed by atoms with Crippen LogP contribution in [-0.2, 0) is 14.3 Å². The molecule has 0 saturated carbocycles. The maximum atomic E-state index is 12.7. The maximum Gasteiger partial charge on any atom is 0.331 e. The van der Waals surface area contributed by atoms with E-state index >= 15 is 0 Å². The largest absolute Gasteiger partial charge is 0.492 e. The van der Waals surface area contributed by atoms with Crippen molar-refractivity contribution in [3.63, 3.8) is 0 Å². The van der Waals surface area contributed by atoms with Gasteiger partial charge in [-0.15, -0.1) is 0 Å². The minimum absolute atomic E-state index is 0.0294. The van der Waals surface area contributed by atoms with Crippen molar-refractivity contribution in [1.82, 2.24) is 0 Å². The SMILES string of the molecule is CCOC(=O)C=C(C)c1ccc(C2COc3c(C)c(C)c(NC(=O)CC(C)(C)C)c(C)c32)cc1. The predicted molar refractivity (Wildman–Crippen MR) is 137 cm³/mol. The fourth-order valence-electron chi connectivity index (χ4n) is 4.54. The van der Waals surface area contributed by atoms with Crippen LogP contribution in [0.2, 0.25) is 0 Å². The topological polar surface area (TPSA) is 64.6 Å². The molecule has 34 heavy (non-hydrogen) atoms. The van der Waals surface area contributed by atoms with Gasteiger partial charge >= 0.3 is 5.97 Å². The van der Waals surface area contributed by atoms with E-state index < -0.39 is 0 Å². The zero-order valence-electron chi connectivity index (χ0n) is 21.7. The molecule has 0 bridgehead atoms. The second kappa shape index (κ2) is 10.0. The third-order valence-electron chi connectivity index (χ3n) is 6.39. The lowest BCUT2D eigenvalue weighted by Crippen LogP contribution is -2.21. The molecule has 2 aromatic rings. The molecule has 5 heteroatoms. The average Bonchev–Trinajstić information content (AvgIpc) is 3.19. The molecule has 1 aliphatic heterocycles. The molecule has 1 unspecified atom stereocenters. The van der Waals surface area contributed by atoms with Gasteiger partial charge in [-0.2, -0.15) is 0 Å². The van der Waals surface area contributed by atoms with Gasteiger partial charge in [0.05, 0.1) is 13.2 Å². The van der Waals surface area contributed by atoms with Crippen molar-refractivity contribution in [2.45, 2.75) is 67.7 Å². The van der Waals surface area contributed by atoms with Crippen molar-refractivity contribution in [2.75, 3.05) is 18.5 Å². The number of fused-ring (bicyclic) bond motifs is 1. The van der Waals surface area contributed by atoms with E-state index in [0.29, 0.717) is 19.6 Å². The number of rotatable bonds is 6. The van der Waals surface area contributed by atoms with E-state index in [-0.39, 0.29) is 23.2 Å². The Morgan fingerprint density at radius 1 is 1.09 bits per heavy atom. The Morgan fingerprint density at radius 3 is 2.32 bits per heavy atom. The fraction of sp³-hybridized carbons (Fsp3) is 0.448. The summed E-state index contributed by atoms with van der Waals surface area (Å²) in [5.74, 6) is 0.707. The highest BCUT2D eigenvalue weighted by atomic mass is 16.5. The van der Waals surface area contributed by atoms with Crippen LogP contribution in [0.5, 0.6) is 5.75 Å². The normalized spacial score (nSPS) is 15.5. The van der Waals surface area contributed by atoms with Gasteiger partial charge in [0.2, 0.25) is 5.91 Å². The first-order valence-electron chi connectivity index (χ1n) is 11.9. The summed E-state index contributed by atoms with van der Waals surface area (Å²) in [7, 11) is 0. The minimum atomic E-state index is -0.329. The molecule has 1 atom stereocenters. The summed E-state index contributed by atoms with van der Waals surface area (Å²) >= 11 is 0. The van der Waals surface area contributed by atoms with Gasteiger partial charge in [0.1, 0.15) is 5.75 Å². The van der Waals surface area contributed by atoms with Gasteiger partial charge in [0, 0.05) is 29.7 Å². The highest BCUT2D eigenvalue weighted by molar-refractivity contribution is 5.94. The van der Waals surface area contributed by atoms with Crippen molar-refractivity contribution in [3.05, 3.63) is 63.7 Å². The average molecular weight is 464 g/mol. The van der Waals surface area contributed by atoms with Crippen molar-refractivity contribution in [3.8, 4) is 5.75 Å². The van der Waals surface area contributed by atoms with Crippen molar-refractivity contribution in [1.29, 1.82) is 0 Å². The molecule has 2 aromatic carbocycles. The Balaban J connectivity index is 1.93. The molecule has 0 saturated heterocycles. The van der Waals surface area contributed by atoms with Crippen LogP contribution in [0.3, 0.4) is 0 Å². The number of hydrogen-bond donors (Lipinski definition) is 1. The van der Waals surface area contributed by atoms with Gasteiger partial charge in [-0.05, 0) is 73.4 Å². The molecule has 0 radical (unpaired) electrons. The van der Waals surface area contributed by atoms with E-state index in [9.17, 15) is 9.59 Å². The summed E-state index contributed by atoms with van der Waals surface area (Å²) < 4.78 is 11.2. The number of amides is 1. The number of anilines is 1. The summed E-state index contributed by atoms with van der Waals surface area (Å²) in [6.45, 7) is 17.0. The van der Waals surface area contributed by atoms with Crippen LogP contribution in [0, 0.1) is 26.2 Å². The van der Waals surface area contributed by atoms with Gasteiger partial charge in [0.25, 0.3) is 0 Å². The van der Waals surface area contributed by atoms with Crippen molar-refractivity contribution in [2.24, 2.45) is 5.41 Å². The van der Waals surface area contributed by atoms with Crippen molar-refractivity contribution >= 4 is 23.1 Å². The highest BCUT2D eigenvalue weighted by Crippen LogP contribution is 2.47. The molecular formula is C29H37NO4. The first-order chi connectivity index (χ1) is 15.9. The number of carbonyl (C=O) groups is 2. The number of carbonyl (C=O) groups excluding carboxylic acids is 2. The smallest absolute Gasteiger partial charge is 0.331 e. The van der Waals surface area contributed by atoms with E-state index in [4.69, 9.17) is 9.47 Å². The Kier molecular flexibility index (Phi) is 7.54. The van der Waals surface area contributed by atoms with E-state index in [2.05, 4.69) is 52.1 Å².